The lowest BCUT2D eigenvalue weighted by Crippen LogP contribution is -2.21. The molecule has 1 N–H and O–H groups in total. The summed E-state index contributed by atoms with van der Waals surface area (Å²) in [6, 6.07) is 10.8. The summed E-state index contributed by atoms with van der Waals surface area (Å²) >= 11 is 0. The fourth-order valence-electron chi connectivity index (χ4n) is 3.01. The van der Waals surface area contributed by atoms with Crippen LogP contribution in [0.15, 0.2) is 30.3 Å². The van der Waals surface area contributed by atoms with Crippen molar-refractivity contribution in [2.45, 2.75) is 33.2 Å². The van der Waals surface area contributed by atoms with Crippen molar-refractivity contribution in [1.29, 1.82) is 0 Å². The van der Waals surface area contributed by atoms with Crippen molar-refractivity contribution < 1.29 is 0 Å². The minimum Gasteiger partial charge on any atom is -0.371 e. The first kappa shape index (κ1) is 14.3. The zero-order valence-electron chi connectivity index (χ0n) is 13.1. The van der Waals surface area contributed by atoms with E-state index in [9.17, 15) is 0 Å². The minimum absolute atomic E-state index is 0.670. The van der Waals surface area contributed by atoms with E-state index in [1.807, 2.05) is 0 Å². The fourth-order valence-corrected chi connectivity index (χ4v) is 3.01. The first-order valence-corrected chi connectivity index (χ1v) is 8.08. The summed E-state index contributed by atoms with van der Waals surface area (Å²) in [6.45, 7) is 8.70. The van der Waals surface area contributed by atoms with Gasteiger partial charge in [-0.15, -0.1) is 0 Å². The first-order valence-electron chi connectivity index (χ1n) is 8.08. The van der Waals surface area contributed by atoms with Gasteiger partial charge in [0.05, 0.1) is 11.2 Å². The summed E-state index contributed by atoms with van der Waals surface area (Å²) in [6.07, 6.45) is 2.61. The fraction of sp³-hybridized carbons (Fsp3) is 0.500. The number of para-hydroxylation sites is 1. The average Bonchev–Trinajstić information content (AvgIpc) is 3.00. The Morgan fingerprint density at radius 1 is 1.19 bits per heavy atom. The Bertz CT molecular complexity index is 600. The quantitative estimate of drug-likeness (QED) is 0.909. The smallest absolute Gasteiger partial charge is 0.0726 e. The lowest BCUT2D eigenvalue weighted by molar-refractivity contribution is 0.549. The SMILES string of the molecule is CC(C)CNCc1cc(N2CCCC2)c2ccccc2n1. The predicted molar refractivity (Wildman–Crippen MR) is 89.7 cm³/mol. The van der Waals surface area contributed by atoms with Crippen LogP contribution in [0.25, 0.3) is 10.9 Å². The summed E-state index contributed by atoms with van der Waals surface area (Å²) in [7, 11) is 0. The molecule has 1 aliphatic rings. The molecule has 0 atom stereocenters. The standard InChI is InChI=1S/C18H25N3/c1-14(2)12-19-13-15-11-18(21-9-5-6-10-21)16-7-3-4-8-17(16)20-15/h3-4,7-8,11,14,19H,5-6,9-10,12-13H2,1-2H3. The number of pyridine rings is 1. The second-order valence-electron chi connectivity index (χ2n) is 6.37. The third-order valence-corrected chi connectivity index (χ3v) is 4.05. The summed E-state index contributed by atoms with van der Waals surface area (Å²) in [5.41, 5.74) is 3.62. The van der Waals surface area contributed by atoms with Crippen LogP contribution in [-0.2, 0) is 6.54 Å². The number of rotatable bonds is 5. The molecule has 0 spiro atoms. The number of hydrogen-bond acceptors (Lipinski definition) is 3. The second kappa shape index (κ2) is 6.44. The van der Waals surface area contributed by atoms with E-state index in [2.05, 4.69) is 54.4 Å². The Morgan fingerprint density at radius 2 is 1.95 bits per heavy atom. The molecule has 1 aromatic heterocycles. The number of hydrogen-bond donors (Lipinski definition) is 1. The molecule has 1 aromatic carbocycles. The van der Waals surface area contributed by atoms with E-state index in [-0.39, 0.29) is 0 Å². The van der Waals surface area contributed by atoms with Crippen molar-refractivity contribution in [2.24, 2.45) is 5.92 Å². The molecular formula is C18H25N3. The Morgan fingerprint density at radius 3 is 2.71 bits per heavy atom. The molecule has 21 heavy (non-hydrogen) atoms. The highest BCUT2D eigenvalue weighted by molar-refractivity contribution is 5.92. The van der Waals surface area contributed by atoms with Gasteiger partial charge in [-0.1, -0.05) is 32.0 Å². The van der Waals surface area contributed by atoms with E-state index in [1.54, 1.807) is 0 Å². The van der Waals surface area contributed by atoms with Crippen LogP contribution in [0, 0.1) is 5.92 Å². The van der Waals surface area contributed by atoms with Crippen molar-refractivity contribution >= 4 is 16.6 Å². The van der Waals surface area contributed by atoms with Gasteiger partial charge in [0.2, 0.25) is 0 Å². The third-order valence-electron chi connectivity index (χ3n) is 4.05. The third kappa shape index (κ3) is 3.35. The molecule has 1 fully saturated rings. The van der Waals surface area contributed by atoms with E-state index in [0.29, 0.717) is 5.92 Å². The average molecular weight is 283 g/mol. The normalized spacial score (nSPS) is 15.3. The second-order valence-corrected chi connectivity index (χ2v) is 6.37. The lowest BCUT2D eigenvalue weighted by Gasteiger charge is -2.21. The zero-order valence-corrected chi connectivity index (χ0v) is 13.1. The highest BCUT2D eigenvalue weighted by Crippen LogP contribution is 2.29. The van der Waals surface area contributed by atoms with Gasteiger partial charge in [-0.2, -0.15) is 0 Å². The highest BCUT2D eigenvalue weighted by Gasteiger charge is 2.16. The number of anilines is 1. The molecule has 3 heteroatoms. The first-order chi connectivity index (χ1) is 10.2. The predicted octanol–water partition coefficient (Wildman–Crippen LogP) is 3.58. The van der Waals surface area contributed by atoms with E-state index < -0.39 is 0 Å². The van der Waals surface area contributed by atoms with Gasteiger partial charge in [0, 0.05) is 30.7 Å². The Balaban J connectivity index is 1.90. The van der Waals surface area contributed by atoms with Crippen LogP contribution in [-0.4, -0.2) is 24.6 Å². The molecule has 1 aliphatic heterocycles. The molecule has 112 valence electrons. The topological polar surface area (TPSA) is 28.2 Å². The molecular weight excluding hydrogens is 258 g/mol. The van der Waals surface area contributed by atoms with Gasteiger partial charge < -0.3 is 10.2 Å². The number of aromatic nitrogens is 1. The molecule has 2 heterocycles. The van der Waals surface area contributed by atoms with Crippen molar-refractivity contribution in [2.75, 3.05) is 24.5 Å². The van der Waals surface area contributed by atoms with Crippen molar-refractivity contribution in [1.82, 2.24) is 10.3 Å². The van der Waals surface area contributed by atoms with Crippen LogP contribution in [0.4, 0.5) is 5.69 Å². The summed E-state index contributed by atoms with van der Waals surface area (Å²) in [4.78, 5) is 7.32. The van der Waals surface area contributed by atoms with Gasteiger partial charge >= 0.3 is 0 Å². The Hall–Kier alpha value is -1.61. The molecule has 0 unspecified atom stereocenters. The molecule has 3 rings (SSSR count). The molecule has 0 radical (unpaired) electrons. The largest absolute Gasteiger partial charge is 0.371 e. The van der Waals surface area contributed by atoms with E-state index in [4.69, 9.17) is 4.98 Å². The molecule has 0 saturated carbocycles. The highest BCUT2D eigenvalue weighted by atomic mass is 15.1. The Labute approximate surface area is 127 Å². The van der Waals surface area contributed by atoms with E-state index in [0.717, 1.165) is 24.3 Å². The van der Waals surface area contributed by atoms with Crippen molar-refractivity contribution in [3.63, 3.8) is 0 Å². The molecule has 0 amide bonds. The minimum atomic E-state index is 0.670. The molecule has 0 aliphatic carbocycles. The maximum Gasteiger partial charge on any atom is 0.0726 e. The van der Waals surface area contributed by atoms with Crippen LogP contribution < -0.4 is 10.2 Å². The summed E-state index contributed by atoms with van der Waals surface area (Å²) in [5, 5.41) is 4.79. The monoisotopic (exact) mass is 283 g/mol. The van der Waals surface area contributed by atoms with Crippen molar-refractivity contribution in [3.8, 4) is 0 Å². The molecule has 0 bridgehead atoms. The molecule has 2 aromatic rings. The number of benzene rings is 1. The number of nitrogens with one attached hydrogen (secondary N) is 1. The van der Waals surface area contributed by atoms with Gasteiger partial charge in [-0.05, 0) is 37.4 Å². The van der Waals surface area contributed by atoms with Crippen LogP contribution in [0.5, 0.6) is 0 Å². The van der Waals surface area contributed by atoms with Crippen LogP contribution >= 0.6 is 0 Å². The maximum absolute atomic E-state index is 4.81. The van der Waals surface area contributed by atoms with Gasteiger partial charge in [-0.25, -0.2) is 0 Å². The van der Waals surface area contributed by atoms with Gasteiger partial charge in [0.25, 0.3) is 0 Å². The van der Waals surface area contributed by atoms with Crippen LogP contribution in [0.2, 0.25) is 0 Å². The molecule has 1 saturated heterocycles. The zero-order chi connectivity index (χ0) is 14.7. The summed E-state index contributed by atoms with van der Waals surface area (Å²) < 4.78 is 0. The van der Waals surface area contributed by atoms with E-state index >= 15 is 0 Å². The summed E-state index contributed by atoms with van der Waals surface area (Å²) in [5.74, 6) is 0.670. The maximum atomic E-state index is 4.81. The number of nitrogens with zero attached hydrogens (tertiary/aromatic N) is 2. The Kier molecular flexibility index (Phi) is 4.39. The van der Waals surface area contributed by atoms with Crippen LogP contribution in [0.1, 0.15) is 32.4 Å². The van der Waals surface area contributed by atoms with Gasteiger partial charge in [0.1, 0.15) is 0 Å². The van der Waals surface area contributed by atoms with Crippen LogP contribution in [0.3, 0.4) is 0 Å². The number of fused-ring (bicyclic) bond motifs is 1. The molecule has 3 nitrogen and oxygen atoms in total. The van der Waals surface area contributed by atoms with E-state index in [1.165, 1.54) is 37.0 Å². The lowest BCUT2D eigenvalue weighted by atomic mass is 10.1. The van der Waals surface area contributed by atoms with Gasteiger partial charge in [-0.3, -0.25) is 4.98 Å². The van der Waals surface area contributed by atoms with Gasteiger partial charge in [0.15, 0.2) is 0 Å². The van der Waals surface area contributed by atoms with Crippen molar-refractivity contribution in [3.05, 3.63) is 36.0 Å².